The van der Waals surface area contributed by atoms with Crippen molar-refractivity contribution < 1.29 is 0 Å². The molecule has 6 heteroatoms. The fourth-order valence-corrected chi connectivity index (χ4v) is 0.388. The number of nitrogens with two attached hydrogens (primary N) is 2. The van der Waals surface area contributed by atoms with E-state index in [-0.39, 0.29) is 30.8 Å². The van der Waals surface area contributed by atoms with Gasteiger partial charge >= 0.3 is 0 Å². The molecular formula is C4H8Cl2N4. The molecule has 0 spiro atoms. The van der Waals surface area contributed by atoms with Crippen molar-refractivity contribution in [2.75, 3.05) is 11.5 Å². The lowest BCUT2D eigenvalue weighted by Gasteiger charge is -1.89. The van der Waals surface area contributed by atoms with Crippen molar-refractivity contribution in [3.8, 4) is 0 Å². The van der Waals surface area contributed by atoms with E-state index in [1.165, 1.54) is 6.20 Å². The quantitative estimate of drug-likeness (QED) is 0.613. The third-order valence-corrected chi connectivity index (χ3v) is 0.696. The van der Waals surface area contributed by atoms with E-state index in [0.717, 1.165) is 0 Å². The van der Waals surface area contributed by atoms with E-state index >= 15 is 0 Å². The Morgan fingerprint density at radius 1 is 1.20 bits per heavy atom. The van der Waals surface area contributed by atoms with Gasteiger partial charge in [-0.05, 0) is 6.07 Å². The lowest BCUT2D eigenvalue weighted by atomic mass is 10.6. The van der Waals surface area contributed by atoms with Gasteiger partial charge in [-0.2, -0.15) is 4.98 Å². The Morgan fingerprint density at radius 2 is 1.80 bits per heavy atom. The lowest BCUT2D eigenvalue weighted by molar-refractivity contribution is 1.19. The number of aromatic nitrogens is 2. The van der Waals surface area contributed by atoms with E-state index in [0.29, 0.717) is 5.82 Å². The molecule has 4 N–H and O–H groups in total. The first-order chi connectivity index (χ1) is 3.79. The van der Waals surface area contributed by atoms with Gasteiger partial charge in [0.15, 0.2) is 0 Å². The lowest BCUT2D eigenvalue weighted by Crippen LogP contribution is -1.96. The molecule has 0 aliphatic carbocycles. The first-order valence-electron chi connectivity index (χ1n) is 2.13. The van der Waals surface area contributed by atoms with Crippen molar-refractivity contribution in [3.63, 3.8) is 0 Å². The molecule has 0 saturated heterocycles. The smallest absolute Gasteiger partial charge is 0.221 e. The Balaban J connectivity index is 0. The predicted octanol–water partition coefficient (Wildman–Crippen LogP) is 0.485. The first-order valence-corrected chi connectivity index (χ1v) is 2.13. The van der Waals surface area contributed by atoms with Gasteiger partial charge in [0.2, 0.25) is 5.95 Å². The monoisotopic (exact) mass is 182 g/mol. The summed E-state index contributed by atoms with van der Waals surface area (Å²) in [7, 11) is 0. The fourth-order valence-electron chi connectivity index (χ4n) is 0.388. The Hall–Kier alpha value is -0.740. The zero-order valence-electron chi connectivity index (χ0n) is 5.02. The van der Waals surface area contributed by atoms with Crippen LogP contribution in [-0.2, 0) is 0 Å². The molecule has 58 valence electrons. The molecule has 0 radical (unpaired) electrons. The van der Waals surface area contributed by atoms with E-state index in [1.807, 2.05) is 0 Å². The Kier molecular flexibility index (Phi) is 6.09. The molecule has 1 aromatic rings. The van der Waals surface area contributed by atoms with Gasteiger partial charge in [0.1, 0.15) is 5.82 Å². The molecule has 0 bridgehead atoms. The summed E-state index contributed by atoms with van der Waals surface area (Å²) < 4.78 is 0. The van der Waals surface area contributed by atoms with Crippen molar-refractivity contribution in [1.29, 1.82) is 0 Å². The van der Waals surface area contributed by atoms with Crippen molar-refractivity contribution in [2.24, 2.45) is 0 Å². The highest BCUT2D eigenvalue weighted by Crippen LogP contribution is 1.94. The van der Waals surface area contributed by atoms with Gasteiger partial charge in [-0.1, -0.05) is 0 Å². The number of anilines is 2. The summed E-state index contributed by atoms with van der Waals surface area (Å²) in [6.45, 7) is 0. The SMILES string of the molecule is Cl.Cl.Nc1ccnc(N)n1. The average Bonchev–Trinajstić information content (AvgIpc) is 1.64. The third-order valence-electron chi connectivity index (χ3n) is 0.696. The average molecular weight is 183 g/mol. The van der Waals surface area contributed by atoms with Gasteiger partial charge in [-0.25, -0.2) is 4.98 Å². The summed E-state index contributed by atoms with van der Waals surface area (Å²) in [5.41, 5.74) is 10.4. The van der Waals surface area contributed by atoms with Crippen molar-refractivity contribution in [1.82, 2.24) is 9.97 Å². The summed E-state index contributed by atoms with van der Waals surface area (Å²) in [5.74, 6) is 0.613. The predicted molar refractivity (Wildman–Crippen MR) is 45.4 cm³/mol. The van der Waals surface area contributed by atoms with Crippen LogP contribution in [0.15, 0.2) is 12.3 Å². The number of rotatable bonds is 0. The second kappa shape index (κ2) is 5.08. The summed E-state index contributed by atoms with van der Waals surface area (Å²) in [6, 6.07) is 1.58. The number of nitrogen functional groups attached to an aromatic ring is 2. The highest BCUT2D eigenvalue weighted by atomic mass is 35.5. The maximum Gasteiger partial charge on any atom is 0.221 e. The van der Waals surface area contributed by atoms with Gasteiger partial charge in [0, 0.05) is 6.20 Å². The first kappa shape index (κ1) is 12.0. The van der Waals surface area contributed by atoms with Crippen LogP contribution < -0.4 is 11.5 Å². The van der Waals surface area contributed by atoms with Gasteiger partial charge in [-0.15, -0.1) is 24.8 Å². The minimum Gasteiger partial charge on any atom is -0.384 e. The van der Waals surface area contributed by atoms with Crippen LogP contribution in [0.4, 0.5) is 11.8 Å². The third kappa shape index (κ3) is 3.32. The molecule has 0 aliphatic heterocycles. The summed E-state index contributed by atoms with van der Waals surface area (Å²) in [4.78, 5) is 7.24. The number of halogens is 2. The Labute approximate surface area is 70.9 Å². The highest BCUT2D eigenvalue weighted by molar-refractivity contribution is 5.85. The molecule has 0 atom stereocenters. The van der Waals surface area contributed by atoms with Crippen LogP contribution in [0.25, 0.3) is 0 Å². The summed E-state index contributed by atoms with van der Waals surface area (Å²) >= 11 is 0. The zero-order valence-corrected chi connectivity index (χ0v) is 6.65. The van der Waals surface area contributed by atoms with Crippen LogP contribution in [0.5, 0.6) is 0 Å². The molecule has 4 nitrogen and oxygen atoms in total. The summed E-state index contributed by atoms with van der Waals surface area (Å²) in [6.07, 6.45) is 1.51. The number of nitrogens with zero attached hydrogens (tertiary/aromatic N) is 2. The minimum absolute atomic E-state index is 0. The van der Waals surface area contributed by atoms with Crippen molar-refractivity contribution >= 4 is 36.6 Å². The Bertz CT molecular complexity index is 175. The molecule has 0 aromatic carbocycles. The zero-order chi connectivity index (χ0) is 5.98. The maximum absolute atomic E-state index is 5.23. The van der Waals surface area contributed by atoms with Gasteiger partial charge in [-0.3, -0.25) is 0 Å². The van der Waals surface area contributed by atoms with E-state index in [4.69, 9.17) is 11.5 Å². The topological polar surface area (TPSA) is 77.8 Å². The molecule has 1 aromatic heterocycles. The van der Waals surface area contributed by atoms with E-state index < -0.39 is 0 Å². The molecule has 10 heavy (non-hydrogen) atoms. The second-order valence-electron chi connectivity index (χ2n) is 1.34. The van der Waals surface area contributed by atoms with Crippen LogP contribution in [0.3, 0.4) is 0 Å². The van der Waals surface area contributed by atoms with Crippen LogP contribution in [-0.4, -0.2) is 9.97 Å². The van der Waals surface area contributed by atoms with Gasteiger partial charge < -0.3 is 11.5 Å². The minimum atomic E-state index is 0. The standard InChI is InChI=1S/C4H6N4.2ClH/c5-3-1-2-7-4(6)8-3;;/h1-2H,(H4,5,6,7,8);2*1H. The normalized spacial score (nSPS) is 7.20. The van der Waals surface area contributed by atoms with Crippen molar-refractivity contribution in [3.05, 3.63) is 12.3 Å². The fraction of sp³-hybridized carbons (Fsp3) is 0. The number of hydrogen-bond acceptors (Lipinski definition) is 4. The highest BCUT2D eigenvalue weighted by Gasteiger charge is 1.84. The van der Waals surface area contributed by atoms with Gasteiger partial charge in [0.05, 0.1) is 0 Å². The molecule has 1 rings (SSSR count). The molecule has 0 aliphatic rings. The van der Waals surface area contributed by atoms with Crippen LogP contribution in [0.2, 0.25) is 0 Å². The largest absolute Gasteiger partial charge is 0.384 e. The van der Waals surface area contributed by atoms with Crippen LogP contribution in [0.1, 0.15) is 0 Å². The molecule has 0 unspecified atom stereocenters. The second-order valence-corrected chi connectivity index (χ2v) is 1.34. The van der Waals surface area contributed by atoms with E-state index in [9.17, 15) is 0 Å². The molecule has 1 heterocycles. The van der Waals surface area contributed by atoms with Gasteiger partial charge in [0.25, 0.3) is 0 Å². The Morgan fingerprint density at radius 3 is 2.10 bits per heavy atom. The van der Waals surface area contributed by atoms with E-state index in [1.54, 1.807) is 6.07 Å². The maximum atomic E-state index is 5.23. The van der Waals surface area contributed by atoms with Crippen LogP contribution >= 0.6 is 24.8 Å². The molecular weight excluding hydrogens is 175 g/mol. The molecule has 0 saturated carbocycles. The van der Waals surface area contributed by atoms with Crippen molar-refractivity contribution in [2.45, 2.75) is 0 Å². The molecule has 0 amide bonds. The molecule has 0 fully saturated rings. The number of hydrogen-bond donors (Lipinski definition) is 2. The summed E-state index contributed by atoms with van der Waals surface area (Å²) in [5, 5.41) is 0. The van der Waals surface area contributed by atoms with E-state index in [2.05, 4.69) is 9.97 Å². The van der Waals surface area contributed by atoms with Crippen LogP contribution in [0, 0.1) is 0 Å².